The zero-order valence-corrected chi connectivity index (χ0v) is 6.43. The number of hydrogen-bond acceptors (Lipinski definition) is 0. The van der Waals surface area contributed by atoms with Crippen molar-refractivity contribution in [2.24, 2.45) is 5.92 Å². The molecule has 2 aliphatic carbocycles. The zero-order chi connectivity index (χ0) is 6.97. The Balaban J connectivity index is 2.21. The summed E-state index contributed by atoms with van der Waals surface area (Å²) in [5.74, 6) is 0.924. The summed E-state index contributed by atoms with van der Waals surface area (Å²) in [7, 11) is 0. The van der Waals surface area contributed by atoms with Gasteiger partial charge in [0.05, 0.1) is 0 Å². The highest BCUT2D eigenvalue weighted by Gasteiger charge is 2.26. The maximum Gasteiger partial charge on any atom is -0.00967 e. The maximum absolute atomic E-state index is 2.33. The molecule has 2 rings (SSSR count). The van der Waals surface area contributed by atoms with E-state index >= 15 is 0 Å². The highest BCUT2D eigenvalue weighted by atomic mass is 14.3. The first-order chi connectivity index (χ1) is 4.88. The average Bonchev–Trinajstić information content (AvgIpc) is 2.71. The molecule has 0 bridgehead atoms. The van der Waals surface area contributed by atoms with Gasteiger partial charge in [-0.15, -0.1) is 0 Å². The van der Waals surface area contributed by atoms with Crippen LogP contribution in [0.4, 0.5) is 0 Å². The van der Waals surface area contributed by atoms with Crippen LogP contribution in [0, 0.1) is 12.3 Å². The molecule has 0 aromatic heterocycles. The molecule has 0 atom stereocenters. The standard InChI is InChI=1S/C10H13/c1-8-4-2-3-5-10(8)9-6-7-9/h3-5,9H,2,6-7H2,1H3. The number of hydrogen-bond donors (Lipinski definition) is 0. The second-order valence-electron chi connectivity index (χ2n) is 3.25. The molecule has 0 spiro atoms. The van der Waals surface area contributed by atoms with Crippen LogP contribution in [0.3, 0.4) is 0 Å². The predicted octanol–water partition coefficient (Wildman–Crippen LogP) is 2.88. The Bertz CT molecular complexity index is 192. The Labute approximate surface area is 62.6 Å². The molecule has 0 aromatic rings. The van der Waals surface area contributed by atoms with Crippen molar-refractivity contribution in [3.05, 3.63) is 29.7 Å². The highest BCUT2D eigenvalue weighted by Crippen LogP contribution is 2.40. The Morgan fingerprint density at radius 2 is 2.20 bits per heavy atom. The minimum absolute atomic E-state index is 0.924. The smallest absolute Gasteiger partial charge is 0.00967 e. The molecule has 10 heavy (non-hydrogen) atoms. The second-order valence-corrected chi connectivity index (χ2v) is 3.25. The fraction of sp³-hybridized carbons (Fsp3) is 0.500. The lowest BCUT2D eigenvalue weighted by Gasteiger charge is -2.10. The first-order valence-corrected chi connectivity index (χ1v) is 4.08. The third kappa shape index (κ3) is 1.03. The Hall–Kier alpha value is -0.520. The zero-order valence-electron chi connectivity index (χ0n) is 6.43. The molecule has 0 heteroatoms. The molecule has 0 saturated heterocycles. The van der Waals surface area contributed by atoms with Gasteiger partial charge < -0.3 is 0 Å². The summed E-state index contributed by atoms with van der Waals surface area (Å²) in [6.45, 7) is 2.23. The lowest BCUT2D eigenvalue weighted by Crippen LogP contribution is -1.93. The van der Waals surface area contributed by atoms with E-state index in [1.54, 1.807) is 5.57 Å². The van der Waals surface area contributed by atoms with Crippen LogP contribution in [-0.2, 0) is 0 Å². The molecule has 1 saturated carbocycles. The van der Waals surface area contributed by atoms with E-state index in [0.717, 1.165) is 12.3 Å². The van der Waals surface area contributed by atoms with Gasteiger partial charge in [0, 0.05) is 0 Å². The Morgan fingerprint density at radius 3 is 2.80 bits per heavy atom. The summed E-state index contributed by atoms with van der Waals surface area (Å²) in [4.78, 5) is 0. The highest BCUT2D eigenvalue weighted by molar-refractivity contribution is 5.37. The van der Waals surface area contributed by atoms with Crippen molar-refractivity contribution < 1.29 is 0 Å². The van der Waals surface area contributed by atoms with Crippen molar-refractivity contribution in [1.82, 2.24) is 0 Å². The van der Waals surface area contributed by atoms with Gasteiger partial charge in [0.1, 0.15) is 0 Å². The molecule has 1 radical (unpaired) electrons. The molecule has 0 nitrogen and oxygen atoms in total. The van der Waals surface area contributed by atoms with E-state index in [0.29, 0.717) is 0 Å². The summed E-state index contributed by atoms with van der Waals surface area (Å²) in [5, 5.41) is 0. The molecule has 2 aliphatic rings. The van der Waals surface area contributed by atoms with E-state index in [2.05, 4.69) is 25.5 Å². The molecular formula is C10H13. The molecule has 0 aromatic carbocycles. The molecule has 0 unspecified atom stereocenters. The van der Waals surface area contributed by atoms with Crippen LogP contribution in [0.2, 0.25) is 0 Å². The van der Waals surface area contributed by atoms with E-state index in [9.17, 15) is 0 Å². The van der Waals surface area contributed by atoms with Crippen LogP contribution in [-0.4, -0.2) is 0 Å². The summed E-state index contributed by atoms with van der Waals surface area (Å²) < 4.78 is 0. The van der Waals surface area contributed by atoms with Crippen LogP contribution in [0.25, 0.3) is 0 Å². The summed E-state index contributed by atoms with van der Waals surface area (Å²) >= 11 is 0. The predicted molar refractivity (Wildman–Crippen MR) is 43.5 cm³/mol. The van der Waals surface area contributed by atoms with E-state index in [-0.39, 0.29) is 0 Å². The fourth-order valence-corrected chi connectivity index (χ4v) is 1.54. The first-order valence-electron chi connectivity index (χ1n) is 4.08. The Kier molecular flexibility index (Phi) is 1.40. The molecular weight excluding hydrogens is 120 g/mol. The van der Waals surface area contributed by atoms with Crippen molar-refractivity contribution >= 4 is 0 Å². The van der Waals surface area contributed by atoms with Gasteiger partial charge in [-0.05, 0) is 44.1 Å². The molecule has 0 aliphatic heterocycles. The normalized spacial score (nSPS) is 25.7. The van der Waals surface area contributed by atoms with Gasteiger partial charge in [0.15, 0.2) is 0 Å². The maximum atomic E-state index is 2.33. The van der Waals surface area contributed by atoms with E-state index in [1.165, 1.54) is 18.4 Å². The molecule has 0 amide bonds. The minimum Gasteiger partial charge on any atom is -0.0836 e. The fourth-order valence-electron chi connectivity index (χ4n) is 1.54. The lowest BCUT2D eigenvalue weighted by molar-refractivity contribution is 0.985. The van der Waals surface area contributed by atoms with Gasteiger partial charge in [-0.1, -0.05) is 17.7 Å². The molecule has 53 valence electrons. The van der Waals surface area contributed by atoms with Crippen LogP contribution in [0.15, 0.2) is 23.3 Å². The monoisotopic (exact) mass is 133 g/mol. The first kappa shape index (κ1) is 6.21. The van der Waals surface area contributed by atoms with Crippen molar-refractivity contribution in [2.75, 3.05) is 0 Å². The van der Waals surface area contributed by atoms with Crippen LogP contribution < -0.4 is 0 Å². The van der Waals surface area contributed by atoms with Gasteiger partial charge in [-0.25, -0.2) is 0 Å². The summed E-state index contributed by atoms with van der Waals surface area (Å²) in [6.07, 6.45) is 10.9. The average molecular weight is 133 g/mol. The Morgan fingerprint density at radius 1 is 1.40 bits per heavy atom. The van der Waals surface area contributed by atoms with E-state index in [4.69, 9.17) is 0 Å². The number of rotatable bonds is 1. The van der Waals surface area contributed by atoms with Gasteiger partial charge in [0.2, 0.25) is 0 Å². The van der Waals surface area contributed by atoms with Crippen molar-refractivity contribution in [3.8, 4) is 0 Å². The quantitative estimate of drug-likeness (QED) is 0.516. The number of allylic oxidation sites excluding steroid dienone is 4. The largest absolute Gasteiger partial charge is 0.0836 e. The van der Waals surface area contributed by atoms with Gasteiger partial charge in [-0.3, -0.25) is 0 Å². The van der Waals surface area contributed by atoms with Crippen molar-refractivity contribution in [2.45, 2.75) is 26.2 Å². The lowest BCUT2D eigenvalue weighted by atomic mass is 9.96. The van der Waals surface area contributed by atoms with E-state index < -0.39 is 0 Å². The minimum atomic E-state index is 0.924. The summed E-state index contributed by atoms with van der Waals surface area (Å²) in [5.41, 5.74) is 3.12. The van der Waals surface area contributed by atoms with Gasteiger partial charge in [-0.2, -0.15) is 0 Å². The topological polar surface area (TPSA) is 0 Å². The van der Waals surface area contributed by atoms with Crippen LogP contribution in [0.5, 0.6) is 0 Å². The van der Waals surface area contributed by atoms with Gasteiger partial charge >= 0.3 is 0 Å². The molecule has 0 heterocycles. The SMILES string of the molecule is CC1=C(C2CC2)C=CC[CH]1. The van der Waals surface area contributed by atoms with Crippen molar-refractivity contribution in [1.29, 1.82) is 0 Å². The van der Waals surface area contributed by atoms with Gasteiger partial charge in [0.25, 0.3) is 0 Å². The third-order valence-corrected chi connectivity index (χ3v) is 2.33. The summed E-state index contributed by atoms with van der Waals surface area (Å²) in [6, 6.07) is 0. The second kappa shape index (κ2) is 2.26. The molecule has 0 N–H and O–H groups in total. The third-order valence-electron chi connectivity index (χ3n) is 2.33. The van der Waals surface area contributed by atoms with Crippen LogP contribution in [0.1, 0.15) is 26.2 Å². The molecule has 1 fully saturated rings. The van der Waals surface area contributed by atoms with Crippen molar-refractivity contribution in [3.63, 3.8) is 0 Å². The van der Waals surface area contributed by atoms with Crippen LogP contribution >= 0.6 is 0 Å². The van der Waals surface area contributed by atoms with E-state index in [1.807, 2.05) is 0 Å².